The van der Waals surface area contributed by atoms with Crippen LogP contribution in [0.15, 0.2) is 30.5 Å². The van der Waals surface area contributed by atoms with Gasteiger partial charge in [-0.1, -0.05) is 25.0 Å². The van der Waals surface area contributed by atoms with Crippen molar-refractivity contribution in [2.45, 2.75) is 31.7 Å². The zero-order chi connectivity index (χ0) is 11.0. The summed E-state index contributed by atoms with van der Waals surface area (Å²) in [7, 11) is 0. The zero-order valence-corrected chi connectivity index (χ0v) is 10.7. The average Bonchev–Trinajstić information content (AvgIpc) is 2.98. The number of nitrogens with one attached hydrogen (secondary N) is 1. The molecule has 0 unspecified atom stereocenters. The van der Waals surface area contributed by atoms with Crippen LogP contribution in [0.3, 0.4) is 0 Å². The highest BCUT2D eigenvalue weighted by Gasteiger charge is 2.24. The van der Waals surface area contributed by atoms with Gasteiger partial charge in [0.05, 0.1) is 0 Å². The van der Waals surface area contributed by atoms with E-state index in [1.807, 2.05) is 6.20 Å². The lowest BCUT2D eigenvalue weighted by Crippen LogP contribution is -2.19. The minimum Gasteiger partial charge on any atom is -0.361 e. The van der Waals surface area contributed by atoms with Crippen molar-refractivity contribution >= 4 is 23.3 Å². The minimum atomic E-state index is 0. The molecule has 0 spiro atoms. The van der Waals surface area contributed by atoms with Crippen LogP contribution >= 0.6 is 12.4 Å². The van der Waals surface area contributed by atoms with Gasteiger partial charge in [0.1, 0.15) is 0 Å². The van der Waals surface area contributed by atoms with Gasteiger partial charge < -0.3 is 10.7 Å². The van der Waals surface area contributed by atoms with E-state index in [2.05, 4.69) is 29.2 Å². The van der Waals surface area contributed by atoms with Gasteiger partial charge in [-0.25, -0.2) is 0 Å². The molecule has 17 heavy (non-hydrogen) atoms. The quantitative estimate of drug-likeness (QED) is 0.837. The van der Waals surface area contributed by atoms with Gasteiger partial charge in [0, 0.05) is 23.1 Å². The second kappa shape index (κ2) is 5.11. The van der Waals surface area contributed by atoms with Gasteiger partial charge in [0.25, 0.3) is 0 Å². The first-order chi connectivity index (χ1) is 7.86. The van der Waals surface area contributed by atoms with E-state index in [0.29, 0.717) is 5.92 Å². The Hall–Kier alpha value is -0.990. The molecule has 2 aromatic rings. The number of aromatic amines is 1. The molecule has 1 aliphatic carbocycles. The third kappa shape index (κ3) is 2.20. The molecular weight excluding hydrogens is 232 g/mol. The summed E-state index contributed by atoms with van der Waals surface area (Å²) in [5, 5.41) is 1.29. The van der Waals surface area contributed by atoms with Crippen LogP contribution in [0.1, 0.15) is 37.3 Å². The highest BCUT2D eigenvalue weighted by Crippen LogP contribution is 2.36. The minimum absolute atomic E-state index is 0. The zero-order valence-electron chi connectivity index (χ0n) is 9.86. The van der Waals surface area contributed by atoms with Crippen LogP contribution < -0.4 is 5.73 Å². The van der Waals surface area contributed by atoms with E-state index >= 15 is 0 Å². The largest absolute Gasteiger partial charge is 0.361 e. The summed E-state index contributed by atoms with van der Waals surface area (Å²) < 4.78 is 0. The van der Waals surface area contributed by atoms with E-state index in [-0.39, 0.29) is 18.4 Å². The van der Waals surface area contributed by atoms with Crippen molar-refractivity contribution in [3.8, 4) is 0 Å². The molecule has 3 N–H and O–H groups in total. The van der Waals surface area contributed by atoms with Gasteiger partial charge in [-0.15, -0.1) is 12.4 Å². The molecule has 1 aliphatic rings. The van der Waals surface area contributed by atoms with Crippen molar-refractivity contribution in [3.05, 3.63) is 36.0 Å². The SMILES string of the molecule is Cl.N[C@@H](c1cccc2[nH]ccc12)C1CCCC1. The molecule has 1 aromatic carbocycles. The molecule has 2 nitrogen and oxygen atoms in total. The Labute approximate surface area is 108 Å². The fourth-order valence-electron chi connectivity index (χ4n) is 2.97. The van der Waals surface area contributed by atoms with Crippen LogP contribution in [0.2, 0.25) is 0 Å². The van der Waals surface area contributed by atoms with Crippen molar-refractivity contribution in [1.29, 1.82) is 0 Å². The molecule has 0 radical (unpaired) electrons. The number of benzene rings is 1. The first-order valence-electron chi connectivity index (χ1n) is 6.18. The maximum Gasteiger partial charge on any atom is 0.0457 e. The monoisotopic (exact) mass is 250 g/mol. The first kappa shape index (κ1) is 12.5. The van der Waals surface area contributed by atoms with Crippen LogP contribution in [-0.4, -0.2) is 4.98 Å². The number of hydrogen-bond donors (Lipinski definition) is 2. The standard InChI is InChI=1S/C14H18N2.ClH/c15-14(10-4-1-2-5-10)12-6-3-7-13-11(12)8-9-16-13;/h3,6-10,14,16H,1-2,4-5,15H2;1H/t14-;/m1./s1. The molecule has 3 rings (SSSR count). The van der Waals surface area contributed by atoms with Crippen molar-refractivity contribution in [2.75, 3.05) is 0 Å². The maximum atomic E-state index is 6.41. The highest BCUT2D eigenvalue weighted by atomic mass is 35.5. The second-order valence-corrected chi connectivity index (χ2v) is 4.86. The number of nitrogens with two attached hydrogens (primary N) is 1. The van der Waals surface area contributed by atoms with E-state index in [4.69, 9.17) is 5.73 Å². The molecule has 0 saturated heterocycles. The van der Waals surface area contributed by atoms with E-state index < -0.39 is 0 Å². The third-order valence-electron chi connectivity index (χ3n) is 3.90. The van der Waals surface area contributed by atoms with Gasteiger partial charge in [-0.2, -0.15) is 0 Å². The highest BCUT2D eigenvalue weighted by molar-refractivity contribution is 5.85. The Morgan fingerprint density at radius 2 is 1.94 bits per heavy atom. The lowest BCUT2D eigenvalue weighted by Gasteiger charge is -2.20. The lowest BCUT2D eigenvalue weighted by molar-refractivity contribution is 0.447. The molecule has 0 aliphatic heterocycles. The van der Waals surface area contributed by atoms with Gasteiger partial charge in [-0.3, -0.25) is 0 Å². The average molecular weight is 251 g/mol. The molecule has 1 heterocycles. The first-order valence-corrected chi connectivity index (χ1v) is 6.18. The molecule has 0 bridgehead atoms. The molecule has 92 valence electrons. The normalized spacial score (nSPS) is 18.2. The summed E-state index contributed by atoms with van der Waals surface area (Å²) in [5.74, 6) is 0.681. The molecule has 1 fully saturated rings. The summed E-state index contributed by atoms with van der Waals surface area (Å²) >= 11 is 0. The van der Waals surface area contributed by atoms with Crippen molar-refractivity contribution in [2.24, 2.45) is 11.7 Å². The van der Waals surface area contributed by atoms with Gasteiger partial charge in [0.2, 0.25) is 0 Å². The Bertz CT molecular complexity index is 486. The topological polar surface area (TPSA) is 41.8 Å². The molecule has 1 aromatic heterocycles. The van der Waals surface area contributed by atoms with Crippen LogP contribution in [0, 0.1) is 5.92 Å². The van der Waals surface area contributed by atoms with E-state index in [9.17, 15) is 0 Å². The summed E-state index contributed by atoms with van der Waals surface area (Å²) in [5.41, 5.74) is 8.92. The van der Waals surface area contributed by atoms with Gasteiger partial charge in [0.15, 0.2) is 0 Å². The number of fused-ring (bicyclic) bond motifs is 1. The fraction of sp³-hybridized carbons (Fsp3) is 0.429. The van der Waals surface area contributed by atoms with Gasteiger partial charge in [-0.05, 0) is 36.5 Å². The number of halogens is 1. The molecule has 1 saturated carbocycles. The van der Waals surface area contributed by atoms with Gasteiger partial charge >= 0.3 is 0 Å². The Kier molecular flexibility index (Phi) is 3.75. The number of hydrogen-bond acceptors (Lipinski definition) is 1. The number of aromatic nitrogens is 1. The summed E-state index contributed by atoms with van der Waals surface area (Å²) in [6.45, 7) is 0. The van der Waals surface area contributed by atoms with E-state index in [1.165, 1.54) is 42.1 Å². The second-order valence-electron chi connectivity index (χ2n) is 4.86. The predicted octanol–water partition coefficient (Wildman–Crippen LogP) is 3.78. The van der Waals surface area contributed by atoms with Crippen LogP contribution in [0.4, 0.5) is 0 Å². The number of rotatable bonds is 2. The summed E-state index contributed by atoms with van der Waals surface area (Å²) in [6.07, 6.45) is 7.28. The van der Waals surface area contributed by atoms with Crippen LogP contribution in [0.25, 0.3) is 10.9 Å². The molecule has 3 heteroatoms. The Morgan fingerprint density at radius 3 is 2.71 bits per heavy atom. The summed E-state index contributed by atoms with van der Waals surface area (Å²) in [6, 6.07) is 8.74. The number of H-pyrrole nitrogens is 1. The molecule has 0 amide bonds. The van der Waals surface area contributed by atoms with Crippen LogP contribution in [0.5, 0.6) is 0 Å². The summed E-state index contributed by atoms with van der Waals surface area (Å²) in [4.78, 5) is 3.25. The van der Waals surface area contributed by atoms with Crippen molar-refractivity contribution in [1.82, 2.24) is 4.98 Å². The van der Waals surface area contributed by atoms with Crippen LogP contribution in [-0.2, 0) is 0 Å². The van der Waals surface area contributed by atoms with E-state index in [1.54, 1.807) is 0 Å². The Balaban J connectivity index is 0.00000108. The lowest BCUT2D eigenvalue weighted by atomic mass is 9.90. The maximum absolute atomic E-state index is 6.41. The van der Waals surface area contributed by atoms with Crippen molar-refractivity contribution < 1.29 is 0 Å². The third-order valence-corrected chi connectivity index (χ3v) is 3.90. The Morgan fingerprint density at radius 1 is 1.18 bits per heavy atom. The molecular formula is C14H19ClN2. The van der Waals surface area contributed by atoms with E-state index in [0.717, 1.165) is 0 Å². The smallest absolute Gasteiger partial charge is 0.0457 e. The molecule has 1 atom stereocenters. The van der Waals surface area contributed by atoms with Crippen molar-refractivity contribution in [3.63, 3.8) is 0 Å². The predicted molar refractivity (Wildman–Crippen MR) is 74.4 cm³/mol. The fourth-order valence-corrected chi connectivity index (χ4v) is 2.97.